The van der Waals surface area contributed by atoms with Gasteiger partial charge in [0.15, 0.2) is 5.13 Å². The highest BCUT2D eigenvalue weighted by Crippen LogP contribution is 2.27. The number of para-hydroxylation sites is 1. The molecule has 3 heterocycles. The number of rotatable bonds is 5. The van der Waals surface area contributed by atoms with Gasteiger partial charge in [-0.1, -0.05) is 18.2 Å². The molecule has 1 fully saturated rings. The SMILES string of the molecule is CC(=O)NCC(=O)N1CCO[C@@H](c2cc(C(=O)Nc3nccs3)c3ccccc3n2)C1. The van der Waals surface area contributed by atoms with Crippen molar-refractivity contribution >= 4 is 45.1 Å². The Morgan fingerprint density at radius 3 is 2.90 bits per heavy atom. The Hall–Kier alpha value is -3.37. The van der Waals surface area contributed by atoms with Gasteiger partial charge in [-0.15, -0.1) is 11.3 Å². The van der Waals surface area contributed by atoms with E-state index in [0.717, 1.165) is 5.39 Å². The third-order valence-corrected chi connectivity index (χ3v) is 5.56. The Balaban J connectivity index is 1.60. The standard InChI is InChI=1S/C21H21N5O4S/c1-13(27)23-11-19(28)26-7-8-30-18(12-26)17-10-15(14-4-2-3-5-16(14)24-17)20(29)25-21-22-6-9-31-21/h2-6,9-10,18H,7-8,11-12H2,1H3,(H,23,27)(H,22,25,29)/t18-/m1/s1. The minimum absolute atomic E-state index is 0.0608. The van der Waals surface area contributed by atoms with Crippen molar-refractivity contribution in [1.29, 1.82) is 0 Å². The van der Waals surface area contributed by atoms with Gasteiger partial charge >= 0.3 is 0 Å². The van der Waals surface area contributed by atoms with Crippen LogP contribution in [0.1, 0.15) is 29.1 Å². The average Bonchev–Trinajstić information content (AvgIpc) is 3.29. The first kappa shape index (κ1) is 20.9. The Kier molecular flexibility index (Phi) is 6.19. The molecule has 3 aromatic rings. The molecule has 1 aromatic carbocycles. The molecule has 10 heteroatoms. The number of fused-ring (bicyclic) bond motifs is 1. The molecule has 0 bridgehead atoms. The van der Waals surface area contributed by atoms with E-state index in [1.165, 1.54) is 18.3 Å². The predicted octanol–water partition coefficient (Wildman–Crippen LogP) is 1.98. The summed E-state index contributed by atoms with van der Waals surface area (Å²) in [4.78, 5) is 46.9. The van der Waals surface area contributed by atoms with Gasteiger partial charge in [0.25, 0.3) is 5.91 Å². The molecule has 0 unspecified atom stereocenters. The summed E-state index contributed by atoms with van der Waals surface area (Å²) >= 11 is 1.34. The van der Waals surface area contributed by atoms with Crippen LogP contribution in [0.2, 0.25) is 0 Å². The van der Waals surface area contributed by atoms with Gasteiger partial charge in [-0.25, -0.2) is 9.97 Å². The summed E-state index contributed by atoms with van der Waals surface area (Å²) in [7, 11) is 0. The van der Waals surface area contributed by atoms with Gasteiger partial charge in [-0.3, -0.25) is 19.7 Å². The highest BCUT2D eigenvalue weighted by atomic mass is 32.1. The fraction of sp³-hybridized carbons (Fsp3) is 0.286. The molecule has 1 aliphatic heterocycles. The van der Waals surface area contributed by atoms with E-state index in [1.807, 2.05) is 24.3 Å². The van der Waals surface area contributed by atoms with E-state index in [1.54, 1.807) is 22.5 Å². The fourth-order valence-electron chi connectivity index (χ4n) is 3.36. The Labute approximate surface area is 182 Å². The third kappa shape index (κ3) is 4.86. The molecule has 1 atom stereocenters. The van der Waals surface area contributed by atoms with Crippen LogP contribution in [0.25, 0.3) is 10.9 Å². The summed E-state index contributed by atoms with van der Waals surface area (Å²) in [5.74, 6) is -0.736. The lowest BCUT2D eigenvalue weighted by Gasteiger charge is -2.33. The van der Waals surface area contributed by atoms with Gasteiger partial charge in [0.2, 0.25) is 11.8 Å². The van der Waals surface area contributed by atoms with E-state index in [0.29, 0.717) is 35.1 Å². The van der Waals surface area contributed by atoms with E-state index >= 15 is 0 Å². The third-order valence-electron chi connectivity index (χ3n) is 4.87. The molecule has 0 saturated carbocycles. The number of pyridine rings is 1. The van der Waals surface area contributed by atoms with E-state index in [2.05, 4.69) is 20.6 Å². The quantitative estimate of drug-likeness (QED) is 0.629. The molecule has 1 saturated heterocycles. The number of hydrogen-bond donors (Lipinski definition) is 2. The lowest BCUT2D eigenvalue weighted by molar-refractivity contribution is -0.139. The van der Waals surface area contributed by atoms with Crippen LogP contribution in [-0.2, 0) is 14.3 Å². The topological polar surface area (TPSA) is 114 Å². The average molecular weight is 439 g/mol. The summed E-state index contributed by atoms with van der Waals surface area (Å²) in [6.45, 7) is 2.37. The minimum Gasteiger partial charge on any atom is -0.368 e. The van der Waals surface area contributed by atoms with Crippen molar-refractivity contribution < 1.29 is 19.1 Å². The summed E-state index contributed by atoms with van der Waals surface area (Å²) in [6.07, 6.45) is 1.14. The molecular formula is C21H21N5O4S. The second-order valence-corrected chi connectivity index (χ2v) is 7.91. The fourth-order valence-corrected chi connectivity index (χ4v) is 3.89. The molecule has 2 N–H and O–H groups in total. The molecule has 0 spiro atoms. The van der Waals surface area contributed by atoms with Crippen molar-refractivity contribution in [1.82, 2.24) is 20.2 Å². The molecule has 0 radical (unpaired) electrons. The number of nitrogens with zero attached hydrogens (tertiary/aromatic N) is 3. The van der Waals surface area contributed by atoms with Crippen LogP contribution in [-0.4, -0.2) is 58.8 Å². The summed E-state index contributed by atoms with van der Waals surface area (Å²) in [5, 5.41) is 8.35. The van der Waals surface area contributed by atoms with Crippen LogP contribution in [0, 0.1) is 0 Å². The molecule has 9 nitrogen and oxygen atoms in total. The number of carbonyl (C=O) groups is 3. The van der Waals surface area contributed by atoms with Crippen LogP contribution in [0.3, 0.4) is 0 Å². The zero-order chi connectivity index (χ0) is 21.8. The van der Waals surface area contributed by atoms with Crippen LogP contribution in [0.4, 0.5) is 5.13 Å². The van der Waals surface area contributed by atoms with Crippen molar-refractivity contribution in [3.63, 3.8) is 0 Å². The number of anilines is 1. The van der Waals surface area contributed by atoms with Crippen LogP contribution < -0.4 is 10.6 Å². The molecule has 31 heavy (non-hydrogen) atoms. The zero-order valence-corrected chi connectivity index (χ0v) is 17.6. The van der Waals surface area contributed by atoms with Crippen molar-refractivity contribution in [3.8, 4) is 0 Å². The lowest BCUT2D eigenvalue weighted by atomic mass is 10.0. The number of nitrogens with one attached hydrogen (secondary N) is 2. The van der Waals surface area contributed by atoms with Gasteiger partial charge in [0, 0.05) is 30.4 Å². The normalized spacial score (nSPS) is 16.2. The van der Waals surface area contributed by atoms with Crippen molar-refractivity contribution in [3.05, 3.63) is 53.2 Å². The number of ether oxygens (including phenoxy) is 1. The van der Waals surface area contributed by atoms with E-state index in [9.17, 15) is 14.4 Å². The predicted molar refractivity (Wildman–Crippen MR) is 116 cm³/mol. The van der Waals surface area contributed by atoms with Crippen molar-refractivity contribution in [2.45, 2.75) is 13.0 Å². The highest BCUT2D eigenvalue weighted by Gasteiger charge is 2.27. The van der Waals surface area contributed by atoms with Crippen LogP contribution in [0.5, 0.6) is 0 Å². The molecule has 4 rings (SSSR count). The van der Waals surface area contributed by atoms with Gasteiger partial charge in [0.05, 0.1) is 36.5 Å². The molecule has 0 aliphatic carbocycles. The summed E-state index contributed by atoms with van der Waals surface area (Å²) < 4.78 is 5.87. The van der Waals surface area contributed by atoms with E-state index in [4.69, 9.17) is 4.74 Å². The first-order chi connectivity index (χ1) is 15.0. The zero-order valence-electron chi connectivity index (χ0n) is 16.8. The molecule has 160 valence electrons. The molecule has 1 aliphatic rings. The largest absolute Gasteiger partial charge is 0.368 e. The monoisotopic (exact) mass is 439 g/mol. The van der Waals surface area contributed by atoms with Crippen LogP contribution >= 0.6 is 11.3 Å². The molecule has 3 amide bonds. The van der Waals surface area contributed by atoms with E-state index in [-0.39, 0.29) is 30.8 Å². The maximum Gasteiger partial charge on any atom is 0.258 e. The Morgan fingerprint density at radius 1 is 1.29 bits per heavy atom. The second kappa shape index (κ2) is 9.19. The lowest BCUT2D eigenvalue weighted by Crippen LogP contribution is -2.46. The van der Waals surface area contributed by atoms with Crippen molar-refractivity contribution in [2.24, 2.45) is 0 Å². The van der Waals surface area contributed by atoms with Crippen molar-refractivity contribution in [2.75, 3.05) is 31.6 Å². The second-order valence-electron chi connectivity index (χ2n) is 7.01. The van der Waals surface area contributed by atoms with Crippen LogP contribution in [0.15, 0.2) is 41.9 Å². The number of carbonyl (C=O) groups excluding carboxylic acids is 3. The summed E-state index contributed by atoms with van der Waals surface area (Å²) in [6, 6.07) is 9.09. The number of hydrogen-bond acceptors (Lipinski definition) is 7. The Morgan fingerprint density at radius 2 is 2.13 bits per heavy atom. The maximum absolute atomic E-state index is 13.0. The van der Waals surface area contributed by atoms with Gasteiger partial charge in [0.1, 0.15) is 6.10 Å². The van der Waals surface area contributed by atoms with Gasteiger partial charge in [-0.2, -0.15) is 0 Å². The number of aromatic nitrogens is 2. The number of thiazole rings is 1. The minimum atomic E-state index is -0.481. The maximum atomic E-state index is 13.0. The number of benzene rings is 1. The number of morpholine rings is 1. The van der Waals surface area contributed by atoms with Gasteiger partial charge in [-0.05, 0) is 12.1 Å². The first-order valence-corrected chi connectivity index (χ1v) is 10.6. The summed E-state index contributed by atoms with van der Waals surface area (Å²) in [5.41, 5.74) is 1.69. The highest BCUT2D eigenvalue weighted by molar-refractivity contribution is 7.13. The molecule has 2 aromatic heterocycles. The van der Waals surface area contributed by atoms with Gasteiger partial charge < -0.3 is 15.0 Å². The Bertz CT molecular complexity index is 1120. The first-order valence-electron chi connectivity index (χ1n) is 9.75. The molecular weight excluding hydrogens is 418 g/mol. The smallest absolute Gasteiger partial charge is 0.258 e. The number of amides is 3. The van der Waals surface area contributed by atoms with E-state index < -0.39 is 6.10 Å².